The van der Waals surface area contributed by atoms with Crippen LogP contribution in [0.1, 0.15) is 71.6 Å². The minimum atomic E-state index is -0.834. The number of carboxylic acid groups (broad SMARTS) is 1. The van der Waals surface area contributed by atoms with Gasteiger partial charge in [0.05, 0.1) is 0 Å². The van der Waals surface area contributed by atoms with E-state index in [0.717, 1.165) is 12.8 Å². The number of hydrogen-bond donors (Lipinski definition) is 1. The van der Waals surface area contributed by atoms with E-state index in [0.29, 0.717) is 5.92 Å². The Kier molecular flexibility index (Phi) is 11.1. The molecule has 0 aliphatic rings. The first-order chi connectivity index (χ1) is 8.20. The Morgan fingerprint density at radius 3 is 2.35 bits per heavy atom. The highest BCUT2D eigenvalue weighted by atomic mass is 16.4. The van der Waals surface area contributed by atoms with Crippen LogP contribution in [0.25, 0.3) is 0 Å². The molecular formula is C15H28O2. The smallest absolute Gasteiger partial charge is 0.327 e. The fourth-order valence-electron chi connectivity index (χ4n) is 2.06. The minimum absolute atomic E-state index is 0.664. The van der Waals surface area contributed by atoms with Crippen molar-refractivity contribution in [2.24, 2.45) is 5.92 Å². The van der Waals surface area contributed by atoms with Gasteiger partial charge in [-0.25, -0.2) is 4.79 Å². The first kappa shape index (κ1) is 16.2. The summed E-state index contributed by atoms with van der Waals surface area (Å²) in [5.41, 5.74) is 0. The molecule has 0 aromatic rings. The topological polar surface area (TPSA) is 37.3 Å². The predicted molar refractivity (Wildman–Crippen MR) is 73.2 cm³/mol. The third-order valence-corrected chi connectivity index (χ3v) is 3.27. The maximum absolute atomic E-state index is 10.3. The van der Waals surface area contributed by atoms with E-state index >= 15 is 0 Å². The van der Waals surface area contributed by atoms with Crippen molar-refractivity contribution in [1.82, 2.24) is 0 Å². The number of carboxylic acids is 1. The van der Waals surface area contributed by atoms with E-state index in [1.54, 1.807) is 6.08 Å². The van der Waals surface area contributed by atoms with E-state index in [1.807, 2.05) is 0 Å². The molecule has 17 heavy (non-hydrogen) atoms. The molecule has 2 nitrogen and oxygen atoms in total. The van der Waals surface area contributed by atoms with Crippen molar-refractivity contribution in [3.8, 4) is 0 Å². The quantitative estimate of drug-likeness (QED) is 0.416. The largest absolute Gasteiger partial charge is 0.478 e. The van der Waals surface area contributed by atoms with Gasteiger partial charge < -0.3 is 5.11 Å². The van der Waals surface area contributed by atoms with Crippen molar-refractivity contribution in [3.63, 3.8) is 0 Å². The predicted octanol–water partition coefficient (Wildman–Crippen LogP) is 4.79. The standard InChI is InChI=1S/C15H28O2/c1-3-5-6-7-8-9-11-14(4-2)12-10-13-15(16)17/h10,13-14H,3-9,11-12H2,1-2H3,(H,16,17). The van der Waals surface area contributed by atoms with E-state index < -0.39 is 5.97 Å². The van der Waals surface area contributed by atoms with Gasteiger partial charge in [-0.1, -0.05) is 71.3 Å². The van der Waals surface area contributed by atoms with Gasteiger partial charge in [-0.15, -0.1) is 0 Å². The molecule has 0 rings (SSSR count). The van der Waals surface area contributed by atoms with E-state index in [2.05, 4.69) is 13.8 Å². The zero-order chi connectivity index (χ0) is 12.9. The number of hydrogen-bond acceptors (Lipinski definition) is 1. The summed E-state index contributed by atoms with van der Waals surface area (Å²) in [6.07, 6.45) is 14.4. The normalized spacial score (nSPS) is 13.1. The molecule has 0 aromatic heterocycles. The Bertz CT molecular complexity index is 209. The average Bonchev–Trinajstić information content (AvgIpc) is 2.30. The molecule has 0 spiro atoms. The number of rotatable bonds is 11. The van der Waals surface area contributed by atoms with Crippen LogP contribution in [0.4, 0.5) is 0 Å². The fraction of sp³-hybridized carbons (Fsp3) is 0.800. The van der Waals surface area contributed by atoms with Gasteiger partial charge in [-0.05, 0) is 12.3 Å². The van der Waals surface area contributed by atoms with Crippen molar-refractivity contribution in [3.05, 3.63) is 12.2 Å². The van der Waals surface area contributed by atoms with Crippen LogP contribution in [0.3, 0.4) is 0 Å². The molecule has 0 radical (unpaired) electrons. The summed E-state index contributed by atoms with van der Waals surface area (Å²) in [7, 11) is 0. The maximum atomic E-state index is 10.3. The monoisotopic (exact) mass is 240 g/mol. The molecule has 2 heteroatoms. The molecule has 0 bridgehead atoms. The van der Waals surface area contributed by atoms with Crippen LogP contribution in [-0.4, -0.2) is 11.1 Å². The maximum Gasteiger partial charge on any atom is 0.327 e. The molecule has 0 saturated heterocycles. The zero-order valence-corrected chi connectivity index (χ0v) is 11.5. The Labute approximate surface area is 106 Å². The molecule has 1 N–H and O–H groups in total. The number of allylic oxidation sites excluding steroid dienone is 1. The summed E-state index contributed by atoms with van der Waals surface area (Å²) in [6, 6.07) is 0. The summed E-state index contributed by atoms with van der Waals surface area (Å²) >= 11 is 0. The second-order valence-electron chi connectivity index (χ2n) is 4.81. The Hall–Kier alpha value is -0.790. The molecule has 100 valence electrons. The van der Waals surface area contributed by atoms with Crippen LogP contribution in [0.5, 0.6) is 0 Å². The SMILES string of the molecule is CCCCCCCCC(CC)CC=CC(=O)O. The molecule has 0 heterocycles. The van der Waals surface area contributed by atoms with Crippen molar-refractivity contribution in [2.75, 3.05) is 0 Å². The highest BCUT2D eigenvalue weighted by Gasteiger charge is 2.04. The Morgan fingerprint density at radius 2 is 1.76 bits per heavy atom. The van der Waals surface area contributed by atoms with Gasteiger partial charge in [0.15, 0.2) is 0 Å². The Morgan fingerprint density at radius 1 is 1.12 bits per heavy atom. The average molecular weight is 240 g/mol. The van der Waals surface area contributed by atoms with Crippen molar-refractivity contribution in [2.45, 2.75) is 71.6 Å². The summed E-state index contributed by atoms with van der Waals surface area (Å²) in [6.45, 7) is 4.43. The minimum Gasteiger partial charge on any atom is -0.478 e. The fourth-order valence-corrected chi connectivity index (χ4v) is 2.06. The molecule has 0 aliphatic heterocycles. The second-order valence-corrected chi connectivity index (χ2v) is 4.81. The van der Waals surface area contributed by atoms with Gasteiger partial charge in [0.2, 0.25) is 0 Å². The van der Waals surface area contributed by atoms with E-state index in [4.69, 9.17) is 5.11 Å². The summed E-state index contributed by atoms with van der Waals surface area (Å²) in [4.78, 5) is 10.3. The van der Waals surface area contributed by atoms with Crippen LogP contribution in [0, 0.1) is 5.92 Å². The summed E-state index contributed by atoms with van der Waals surface area (Å²) in [5.74, 6) is -0.170. The zero-order valence-electron chi connectivity index (χ0n) is 11.5. The third kappa shape index (κ3) is 11.5. The summed E-state index contributed by atoms with van der Waals surface area (Å²) < 4.78 is 0. The van der Waals surface area contributed by atoms with E-state index in [9.17, 15) is 4.79 Å². The molecule has 0 fully saturated rings. The van der Waals surface area contributed by atoms with Crippen molar-refractivity contribution >= 4 is 5.97 Å². The van der Waals surface area contributed by atoms with Gasteiger partial charge in [0.1, 0.15) is 0 Å². The molecule has 1 unspecified atom stereocenters. The second kappa shape index (κ2) is 11.7. The number of carbonyl (C=O) groups is 1. The molecule has 0 amide bonds. The third-order valence-electron chi connectivity index (χ3n) is 3.27. The lowest BCUT2D eigenvalue weighted by molar-refractivity contribution is -0.131. The van der Waals surface area contributed by atoms with Crippen molar-refractivity contribution < 1.29 is 9.90 Å². The van der Waals surface area contributed by atoms with Crippen LogP contribution in [0.15, 0.2) is 12.2 Å². The van der Waals surface area contributed by atoms with Gasteiger partial charge in [-0.2, -0.15) is 0 Å². The van der Waals surface area contributed by atoms with E-state index in [1.165, 1.54) is 51.0 Å². The van der Waals surface area contributed by atoms with Gasteiger partial charge in [0, 0.05) is 6.08 Å². The van der Waals surface area contributed by atoms with Gasteiger partial charge in [-0.3, -0.25) is 0 Å². The van der Waals surface area contributed by atoms with Crippen LogP contribution >= 0.6 is 0 Å². The lowest BCUT2D eigenvalue weighted by Gasteiger charge is -2.11. The number of aliphatic carboxylic acids is 1. The van der Waals surface area contributed by atoms with Gasteiger partial charge in [0.25, 0.3) is 0 Å². The lowest BCUT2D eigenvalue weighted by atomic mass is 9.94. The van der Waals surface area contributed by atoms with Crippen molar-refractivity contribution in [1.29, 1.82) is 0 Å². The molecule has 1 atom stereocenters. The molecule has 0 aliphatic carbocycles. The number of unbranched alkanes of at least 4 members (excludes halogenated alkanes) is 5. The summed E-state index contributed by atoms with van der Waals surface area (Å²) in [5, 5.41) is 8.51. The van der Waals surface area contributed by atoms with Crippen LogP contribution in [-0.2, 0) is 4.79 Å². The highest BCUT2D eigenvalue weighted by molar-refractivity contribution is 5.79. The van der Waals surface area contributed by atoms with Crippen LogP contribution < -0.4 is 0 Å². The van der Waals surface area contributed by atoms with Crippen LogP contribution in [0.2, 0.25) is 0 Å². The van der Waals surface area contributed by atoms with E-state index in [-0.39, 0.29) is 0 Å². The Balaban J connectivity index is 3.51. The molecule has 0 aromatic carbocycles. The van der Waals surface area contributed by atoms with Gasteiger partial charge >= 0.3 is 5.97 Å². The lowest BCUT2D eigenvalue weighted by Crippen LogP contribution is -1.98. The first-order valence-corrected chi connectivity index (χ1v) is 7.10. The highest BCUT2D eigenvalue weighted by Crippen LogP contribution is 2.18. The molecular weight excluding hydrogens is 212 g/mol. The molecule has 0 saturated carbocycles. The first-order valence-electron chi connectivity index (χ1n) is 7.10.